The molecule has 0 aliphatic heterocycles. The topological polar surface area (TPSA) is 41.6 Å². The summed E-state index contributed by atoms with van der Waals surface area (Å²) >= 11 is 5.84. The van der Waals surface area contributed by atoms with E-state index >= 15 is 0 Å². The van der Waals surface area contributed by atoms with Gasteiger partial charge in [0.25, 0.3) is 0 Å². The highest BCUT2D eigenvalue weighted by atomic mass is 35.5. The lowest BCUT2D eigenvalue weighted by molar-refractivity contribution is -0.141. The maximum Gasteiger partial charge on any atom is 0.433 e. The molecular weight excluding hydrogens is 267 g/mol. The third-order valence-corrected chi connectivity index (χ3v) is 2.95. The van der Waals surface area contributed by atoms with Crippen molar-refractivity contribution >= 4 is 11.6 Å². The number of rotatable bonds is 1. The number of aryl methyl sites for hydroxylation is 1. The molecule has 0 aromatic carbocycles. The Morgan fingerprint density at radius 1 is 1.22 bits per heavy atom. The second-order valence-electron chi connectivity index (χ2n) is 3.87. The number of pyridine rings is 1. The fourth-order valence-electron chi connectivity index (χ4n) is 1.56. The van der Waals surface area contributed by atoms with E-state index in [4.69, 9.17) is 11.6 Å². The Hall–Kier alpha value is -1.56. The van der Waals surface area contributed by atoms with Crippen molar-refractivity contribution in [3.05, 3.63) is 34.1 Å². The molecule has 0 spiro atoms. The summed E-state index contributed by atoms with van der Waals surface area (Å²) in [5.41, 5.74) is 0.370. The molecule has 0 amide bonds. The van der Waals surface area contributed by atoms with Crippen LogP contribution in [0.15, 0.2) is 12.1 Å². The fraction of sp³-hybridized carbons (Fsp3) is 0.273. The summed E-state index contributed by atoms with van der Waals surface area (Å²) in [6.07, 6.45) is -4.45. The number of alkyl halides is 3. The maximum absolute atomic E-state index is 12.6. The Labute approximate surface area is 106 Å². The Morgan fingerprint density at radius 2 is 1.89 bits per heavy atom. The molecule has 0 bridgehead atoms. The summed E-state index contributed by atoms with van der Waals surface area (Å²) in [5, 5.41) is 5.90. The second kappa shape index (κ2) is 4.28. The van der Waals surface area contributed by atoms with Gasteiger partial charge in [0.2, 0.25) is 0 Å². The quantitative estimate of drug-likeness (QED) is 0.805. The monoisotopic (exact) mass is 275 g/mol. The number of nitrogens with one attached hydrogen (secondary N) is 1. The molecule has 96 valence electrons. The Balaban J connectivity index is 2.52. The van der Waals surface area contributed by atoms with Crippen LogP contribution in [0.25, 0.3) is 11.4 Å². The minimum atomic E-state index is -4.45. The Bertz CT molecular complexity index is 590. The molecule has 3 nitrogen and oxygen atoms in total. The molecular formula is C11H9ClF3N3. The van der Waals surface area contributed by atoms with Crippen LogP contribution in [0.4, 0.5) is 13.2 Å². The molecule has 1 N–H and O–H groups in total. The van der Waals surface area contributed by atoms with E-state index in [-0.39, 0.29) is 16.4 Å². The highest BCUT2D eigenvalue weighted by Gasteiger charge is 2.36. The molecule has 0 aliphatic rings. The van der Waals surface area contributed by atoms with Crippen LogP contribution in [-0.4, -0.2) is 15.2 Å². The molecule has 0 saturated carbocycles. The van der Waals surface area contributed by atoms with E-state index in [1.54, 1.807) is 19.1 Å². The highest BCUT2D eigenvalue weighted by molar-refractivity contribution is 6.30. The van der Waals surface area contributed by atoms with Crippen molar-refractivity contribution in [2.75, 3.05) is 0 Å². The second-order valence-corrected chi connectivity index (χ2v) is 4.23. The maximum atomic E-state index is 12.6. The first-order valence-corrected chi connectivity index (χ1v) is 5.44. The summed E-state index contributed by atoms with van der Waals surface area (Å²) in [7, 11) is 0. The van der Waals surface area contributed by atoms with Crippen LogP contribution in [0.5, 0.6) is 0 Å². The van der Waals surface area contributed by atoms with Gasteiger partial charge in [-0.15, -0.1) is 0 Å². The number of hydrogen-bond donors (Lipinski definition) is 1. The lowest BCUT2D eigenvalue weighted by atomic mass is 10.1. The van der Waals surface area contributed by atoms with Crippen molar-refractivity contribution in [1.82, 2.24) is 15.2 Å². The number of aromatic amines is 1. The molecule has 2 aromatic rings. The van der Waals surface area contributed by atoms with Gasteiger partial charge < -0.3 is 0 Å². The van der Waals surface area contributed by atoms with Crippen LogP contribution in [0, 0.1) is 13.8 Å². The SMILES string of the molecule is Cc1ccc(-c2n[nH]c(C(F)(F)F)c2C)nc1Cl. The third-order valence-electron chi connectivity index (χ3n) is 2.57. The van der Waals surface area contributed by atoms with E-state index < -0.39 is 11.9 Å². The minimum Gasteiger partial charge on any atom is -0.273 e. The molecule has 0 fully saturated rings. The van der Waals surface area contributed by atoms with Gasteiger partial charge in [-0.25, -0.2) is 4.98 Å². The number of aromatic nitrogens is 3. The average Bonchev–Trinajstić information content (AvgIpc) is 2.64. The molecule has 2 rings (SSSR count). The molecule has 2 aromatic heterocycles. The zero-order valence-electron chi connectivity index (χ0n) is 9.56. The van der Waals surface area contributed by atoms with Gasteiger partial charge in [-0.1, -0.05) is 17.7 Å². The molecule has 0 unspecified atom stereocenters. The van der Waals surface area contributed by atoms with Gasteiger partial charge >= 0.3 is 6.18 Å². The first kappa shape index (κ1) is 12.9. The van der Waals surface area contributed by atoms with Gasteiger partial charge in [-0.2, -0.15) is 18.3 Å². The number of nitrogens with zero attached hydrogens (tertiary/aromatic N) is 2. The first-order valence-electron chi connectivity index (χ1n) is 5.06. The highest BCUT2D eigenvalue weighted by Crippen LogP contribution is 2.34. The molecule has 0 aliphatic carbocycles. The molecule has 18 heavy (non-hydrogen) atoms. The molecule has 0 saturated heterocycles. The van der Waals surface area contributed by atoms with E-state index in [1.807, 2.05) is 5.10 Å². The predicted octanol–water partition coefficient (Wildman–Crippen LogP) is 3.76. The smallest absolute Gasteiger partial charge is 0.273 e. The van der Waals surface area contributed by atoms with Gasteiger partial charge in [0, 0.05) is 5.56 Å². The van der Waals surface area contributed by atoms with Crippen molar-refractivity contribution in [1.29, 1.82) is 0 Å². The zero-order valence-corrected chi connectivity index (χ0v) is 10.3. The molecule has 0 atom stereocenters. The summed E-state index contributed by atoms with van der Waals surface area (Å²) in [6, 6.07) is 3.27. The van der Waals surface area contributed by atoms with Crippen molar-refractivity contribution in [2.24, 2.45) is 0 Å². The largest absolute Gasteiger partial charge is 0.433 e. The third kappa shape index (κ3) is 2.20. The number of halogens is 4. The number of hydrogen-bond acceptors (Lipinski definition) is 2. The summed E-state index contributed by atoms with van der Waals surface area (Å²) in [6.45, 7) is 3.11. The fourth-order valence-corrected chi connectivity index (χ4v) is 1.71. The normalized spacial score (nSPS) is 11.9. The first-order chi connectivity index (χ1) is 8.30. The lowest BCUT2D eigenvalue weighted by Crippen LogP contribution is -2.07. The van der Waals surface area contributed by atoms with E-state index in [0.29, 0.717) is 5.69 Å². The van der Waals surface area contributed by atoms with Crippen molar-refractivity contribution in [3.63, 3.8) is 0 Å². The average molecular weight is 276 g/mol. The molecule has 7 heteroatoms. The van der Waals surface area contributed by atoms with Gasteiger partial charge in [0.15, 0.2) is 0 Å². The van der Waals surface area contributed by atoms with Crippen LogP contribution in [0.3, 0.4) is 0 Å². The van der Waals surface area contributed by atoms with E-state index in [9.17, 15) is 13.2 Å². The van der Waals surface area contributed by atoms with Gasteiger partial charge in [0.1, 0.15) is 16.5 Å². The van der Waals surface area contributed by atoms with E-state index in [0.717, 1.165) is 5.56 Å². The van der Waals surface area contributed by atoms with E-state index in [2.05, 4.69) is 10.1 Å². The standard InChI is InChI=1S/C11H9ClF3N3/c1-5-3-4-7(16-10(5)12)8-6(2)9(18-17-8)11(13,14)15/h3-4H,1-2H3,(H,17,18). The molecule has 2 heterocycles. The van der Waals surface area contributed by atoms with Gasteiger partial charge in [-0.3, -0.25) is 5.10 Å². The van der Waals surface area contributed by atoms with Crippen molar-refractivity contribution < 1.29 is 13.2 Å². The van der Waals surface area contributed by atoms with Crippen LogP contribution in [0.2, 0.25) is 5.15 Å². The van der Waals surface area contributed by atoms with Crippen LogP contribution >= 0.6 is 11.6 Å². The lowest BCUT2D eigenvalue weighted by Gasteiger charge is -2.04. The van der Waals surface area contributed by atoms with Crippen LogP contribution < -0.4 is 0 Å². The Morgan fingerprint density at radius 3 is 2.39 bits per heavy atom. The summed E-state index contributed by atoms with van der Waals surface area (Å²) in [4.78, 5) is 4.01. The number of H-pyrrole nitrogens is 1. The van der Waals surface area contributed by atoms with Crippen LogP contribution in [0.1, 0.15) is 16.8 Å². The van der Waals surface area contributed by atoms with E-state index in [1.165, 1.54) is 6.92 Å². The molecule has 0 radical (unpaired) electrons. The summed E-state index contributed by atoms with van der Waals surface area (Å²) in [5.74, 6) is 0. The Kier molecular flexibility index (Phi) is 3.06. The predicted molar refractivity (Wildman–Crippen MR) is 61.3 cm³/mol. The summed E-state index contributed by atoms with van der Waals surface area (Å²) < 4.78 is 37.8. The van der Waals surface area contributed by atoms with Gasteiger partial charge in [0.05, 0.1) is 5.69 Å². The zero-order chi connectivity index (χ0) is 13.5. The minimum absolute atomic E-state index is 0.00918. The van der Waals surface area contributed by atoms with Gasteiger partial charge in [-0.05, 0) is 25.5 Å². The van der Waals surface area contributed by atoms with Crippen molar-refractivity contribution in [3.8, 4) is 11.4 Å². The van der Waals surface area contributed by atoms with Crippen molar-refractivity contribution in [2.45, 2.75) is 20.0 Å². The van der Waals surface area contributed by atoms with Crippen LogP contribution in [-0.2, 0) is 6.18 Å².